The lowest BCUT2D eigenvalue weighted by Gasteiger charge is -2.35. The molecule has 2 aliphatic rings. The number of morpholine rings is 1. The second kappa shape index (κ2) is 7.98. The van der Waals surface area contributed by atoms with Crippen LogP contribution in [0.1, 0.15) is 38.2 Å². The molecule has 1 amide bonds. The number of nitrogens with one attached hydrogen (secondary N) is 1. The number of hydrogen-bond donors (Lipinski definition) is 1. The molecule has 5 heteroatoms. The van der Waals surface area contributed by atoms with E-state index in [1.165, 1.54) is 5.56 Å². The Morgan fingerprint density at radius 2 is 2.08 bits per heavy atom. The van der Waals surface area contributed by atoms with Gasteiger partial charge < -0.3 is 10.1 Å². The van der Waals surface area contributed by atoms with Gasteiger partial charge in [0.25, 0.3) is 0 Å². The van der Waals surface area contributed by atoms with Gasteiger partial charge in [-0.3, -0.25) is 9.69 Å². The van der Waals surface area contributed by atoms with Crippen molar-refractivity contribution in [1.29, 1.82) is 0 Å². The second-order valence-electron chi connectivity index (χ2n) is 7.17. The minimum atomic E-state index is 0.155. The molecule has 2 fully saturated rings. The predicted molar refractivity (Wildman–Crippen MR) is 99.1 cm³/mol. The summed E-state index contributed by atoms with van der Waals surface area (Å²) in [6.45, 7) is 8.02. The van der Waals surface area contributed by atoms with Gasteiger partial charge in [0.15, 0.2) is 0 Å². The number of hydrogen-bond acceptors (Lipinski definition) is 3. The first kappa shape index (κ1) is 17.9. The van der Waals surface area contributed by atoms with E-state index in [-0.39, 0.29) is 11.8 Å². The monoisotopic (exact) mass is 394 g/mol. The highest BCUT2D eigenvalue weighted by Crippen LogP contribution is 2.47. The van der Waals surface area contributed by atoms with Crippen LogP contribution in [0, 0.1) is 5.92 Å². The summed E-state index contributed by atoms with van der Waals surface area (Å²) < 4.78 is 6.83. The molecule has 0 spiro atoms. The number of carbonyl (C=O) groups is 1. The van der Waals surface area contributed by atoms with E-state index in [0.717, 1.165) is 43.5 Å². The van der Waals surface area contributed by atoms with Crippen LogP contribution < -0.4 is 5.32 Å². The molecule has 4 nitrogen and oxygen atoms in total. The van der Waals surface area contributed by atoms with Gasteiger partial charge in [-0.05, 0) is 50.3 Å². The van der Waals surface area contributed by atoms with Crippen molar-refractivity contribution in [2.45, 2.75) is 44.8 Å². The zero-order chi connectivity index (χ0) is 17.1. The number of nitrogens with zero attached hydrogens (tertiary/aromatic N) is 1. The van der Waals surface area contributed by atoms with E-state index in [9.17, 15) is 4.79 Å². The van der Waals surface area contributed by atoms with Gasteiger partial charge in [-0.15, -0.1) is 0 Å². The maximum Gasteiger partial charge on any atom is 0.223 e. The van der Waals surface area contributed by atoms with Gasteiger partial charge in [0.1, 0.15) is 0 Å². The molecule has 1 aromatic rings. The van der Waals surface area contributed by atoms with E-state index in [2.05, 4.69) is 52.1 Å². The SMILES string of the molecule is CC1CN(CCCNC(=O)C2CC2c2cccc(Br)c2)CC(C)O1. The van der Waals surface area contributed by atoms with Crippen LogP contribution in [-0.4, -0.2) is 49.2 Å². The van der Waals surface area contributed by atoms with Crippen LogP contribution in [0.4, 0.5) is 0 Å². The predicted octanol–water partition coefficient (Wildman–Crippen LogP) is 3.17. The molecule has 4 atom stereocenters. The number of amides is 1. The molecule has 0 radical (unpaired) electrons. The van der Waals surface area contributed by atoms with Crippen LogP contribution >= 0.6 is 15.9 Å². The summed E-state index contributed by atoms with van der Waals surface area (Å²) in [5.74, 6) is 0.759. The number of halogens is 1. The highest BCUT2D eigenvalue weighted by atomic mass is 79.9. The first-order valence-electron chi connectivity index (χ1n) is 8.94. The summed E-state index contributed by atoms with van der Waals surface area (Å²) in [5, 5.41) is 3.11. The lowest BCUT2D eigenvalue weighted by atomic mass is 10.1. The van der Waals surface area contributed by atoms with E-state index in [0.29, 0.717) is 18.1 Å². The molecule has 1 N–H and O–H groups in total. The molecule has 1 aliphatic heterocycles. The van der Waals surface area contributed by atoms with E-state index < -0.39 is 0 Å². The number of rotatable bonds is 6. The van der Waals surface area contributed by atoms with Crippen LogP contribution in [0.2, 0.25) is 0 Å². The van der Waals surface area contributed by atoms with E-state index in [1.807, 2.05) is 12.1 Å². The van der Waals surface area contributed by atoms with Crippen LogP contribution in [-0.2, 0) is 9.53 Å². The Kier molecular flexibility index (Phi) is 5.95. The molecule has 3 rings (SSSR count). The van der Waals surface area contributed by atoms with Crippen molar-refractivity contribution < 1.29 is 9.53 Å². The zero-order valence-electron chi connectivity index (χ0n) is 14.5. The average molecular weight is 395 g/mol. The molecule has 1 aromatic carbocycles. The standard InChI is InChI=1S/C19H27BrN2O2/c1-13-11-22(12-14(2)24-13)8-4-7-21-19(23)18-10-17(18)15-5-3-6-16(20)9-15/h3,5-6,9,13-14,17-18H,4,7-8,10-12H2,1-2H3,(H,21,23). The summed E-state index contributed by atoms with van der Waals surface area (Å²) in [6.07, 6.45) is 2.58. The maximum absolute atomic E-state index is 12.3. The summed E-state index contributed by atoms with van der Waals surface area (Å²) in [6, 6.07) is 8.30. The Morgan fingerprint density at radius 3 is 2.79 bits per heavy atom. The maximum atomic E-state index is 12.3. The summed E-state index contributed by atoms with van der Waals surface area (Å²) in [5.41, 5.74) is 1.26. The number of carbonyl (C=O) groups excluding carboxylic acids is 1. The normalized spacial score (nSPS) is 30.1. The molecule has 0 aromatic heterocycles. The van der Waals surface area contributed by atoms with Crippen molar-refractivity contribution in [3.8, 4) is 0 Å². The van der Waals surface area contributed by atoms with Gasteiger partial charge in [-0.1, -0.05) is 28.1 Å². The minimum Gasteiger partial charge on any atom is -0.373 e. The Hall–Kier alpha value is -0.910. The number of benzene rings is 1. The molecule has 1 heterocycles. The van der Waals surface area contributed by atoms with Crippen molar-refractivity contribution in [3.05, 3.63) is 34.3 Å². The fourth-order valence-electron chi connectivity index (χ4n) is 3.70. The molecule has 132 valence electrons. The van der Waals surface area contributed by atoms with Crippen molar-refractivity contribution >= 4 is 21.8 Å². The first-order valence-corrected chi connectivity index (χ1v) is 9.73. The quantitative estimate of drug-likeness (QED) is 0.753. The smallest absolute Gasteiger partial charge is 0.223 e. The lowest BCUT2D eigenvalue weighted by molar-refractivity contribution is -0.122. The van der Waals surface area contributed by atoms with Crippen LogP contribution in [0.5, 0.6) is 0 Å². The minimum absolute atomic E-state index is 0.155. The van der Waals surface area contributed by atoms with Gasteiger partial charge in [0.05, 0.1) is 12.2 Å². The molecule has 4 unspecified atom stereocenters. The van der Waals surface area contributed by atoms with E-state index in [1.54, 1.807) is 0 Å². The van der Waals surface area contributed by atoms with Gasteiger partial charge in [-0.2, -0.15) is 0 Å². The third-order valence-corrected chi connectivity index (χ3v) is 5.34. The molecule has 1 saturated heterocycles. The fraction of sp³-hybridized carbons (Fsp3) is 0.632. The molecule has 24 heavy (non-hydrogen) atoms. The number of ether oxygens (including phenoxy) is 1. The highest BCUT2D eigenvalue weighted by molar-refractivity contribution is 9.10. The lowest BCUT2D eigenvalue weighted by Crippen LogP contribution is -2.46. The Bertz CT molecular complexity index is 570. The van der Waals surface area contributed by atoms with Gasteiger partial charge in [-0.25, -0.2) is 0 Å². The van der Waals surface area contributed by atoms with Gasteiger partial charge in [0.2, 0.25) is 5.91 Å². The topological polar surface area (TPSA) is 41.6 Å². The van der Waals surface area contributed by atoms with Crippen LogP contribution in [0.3, 0.4) is 0 Å². The van der Waals surface area contributed by atoms with Crippen LogP contribution in [0.25, 0.3) is 0 Å². The van der Waals surface area contributed by atoms with Crippen LogP contribution in [0.15, 0.2) is 28.7 Å². The summed E-state index contributed by atoms with van der Waals surface area (Å²) in [7, 11) is 0. The Balaban J connectivity index is 1.35. The average Bonchev–Trinajstić information content (AvgIpc) is 3.31. The third kappa shape index (κ3) is 4.80. The van der Waals surface area contributed by atoms with Gasteiger partial charge in [0, 0.05) is 36.6 Å². The molecular weight excluding hydrogens is 368 g/mol. The third-order valence-electron chi connectivity index (χ3n) is 4.85. The van der Waals surface area contributed by atoms with Crippen molar-refractivity contribution in [2.75, 3.05) is 26.2 Å². The largest absolute Gasteiger partial charge is 0.373 e. The zero-order valence-corrected chi connectivity index (χ0v) is 16.1. The van der Waals surface area contributed by atoms with Crippen molar-refractivity contribution in [1.82, 2.24) is 10.2 Å². The summed E-state index contributed by atoms with van der Waals surface area (Å²) in [4.78, 5) is 14.7. The Labute approximate surface area is 153 Å². The van der Waals surface area contributed by atoms with Gasteiger partial charge >= 0.3 is 0 Å². The summed E-state index contributed by atoms with van der Waals surface area (Å²) >= 11 is 3.50. The molecule has 1 aliphatic carbocycles. The first-order chi connectivity index (χ1) is 11.5. The highest BCUT2D eigenvalue weighted by Gasteiger charge is 2.43. The molecule has 1 saturated carbocycles. The Morgan fingerprint density at radius 1 is 1.33 bits per heavy atom. The molecule has 0 bridgehead atoms. The second-order valence-corrected chi connectivity index (χ2v) is 8.08. The van der Waals surface area contributed by atoms with Crippen molar-refractivity contribution in [3.63, 3.8) is 0 Å². The van der Waals surface area contributed by atoms with E-state index in [4.69, 9.17) is 4.74 Å². The van der Waals surface area contributed by atoms with E-state index >= 15 is 0 Å². The molecular formula is C19H27BrN2O2. The van der Waals surface area contributed by atoms with Crippen molar-refractivity contribution in [2.24, 2.45) is 5.92 Å². The fourth-order valence-corrected chi connectivity index (χ4v) is 4.12.